The van der Waals surface area contributed by atoms with Gasteiger partial charge in [0.2, 0.25) is 5.91 Å². The summed E-state index contributed by atoms with van der Waals surface area (Å²) in [7, 11) is 0. The highest BCUT2D eigenvalue weighted by Gasteiger charge is 2.19. The molecule has 0 fully saturated rings. The first-order valence-corrected chi connectivity index (χ1v) is 7.85. The van der Waals surface area contributed by atoms with E-state index >= 15 is 0 Å². The number of nitrogens with one attached hydrogen (secondary N) is 1. The monoisotopic (exact) mass is 338 g/mol. The van der Waals surface area contributed by atoms with Crippen molar-refractivity contribution >= 4 is 40.5 Å². The number of anilines is 1. The molecular weight excluding hydrogens is 324 g/mol. The Morgan fingerprint density at radius 1 is 1.45 bits per heavy atom. The lowest BCUT2D eigenvalue weighted by Crippen LogP contribution is -2.18. The van der Waals surface area contributed by atoms with E-state index < -0.39 is 11.9 Å². The van der Waals surface area contributed by atoms with Gasteiger partial charge in [-0.2, -0.15) is 0 Å². The van der Waals surface area contributed by atoms with E-state index in [0.29, 0.717) is 21.4 Å². The van der Waals surface area contributed by atoms with Crippen LogP contribution in [0.1, 0.15) is 29.1 Å². The molecule has 1 aromatic carbocycles. The Morgan fingerprint density at radius 2 is 2.18 bits per heavy atom. The number of carbonyl (C=O) groups is 2. The van der Waals surface area contributed by atoms with E-state index in [2.05, 4.69) is 10.3 Å². The molecule has 0 spiro atoms. The van der Waals surface area contributed by atoms with Gasteiger partial charge in [0.25, 0.3) is 0 Å². The number of benzene rings is 1. The van der Waals surface area contributed by atoms with Gasteiger partial charge in [0.05, 0.1) is 18.0 Å². The van der Waals surface area contributed by atoms with Gasteiger partial charge < -0.3 is 10.4 Å². The molecule has 1 amide bonds. The fourth-order valence-corrected chi connectivity index (χ4v) is 2.85. The largest absolute Gasteiger partial charge is 0.481 e. The summed E-state index contributed by atoms with van der Waals surface area (Å²) in [4.78, 5) is 27.1. The van der Waals surface area contributed by atoms with Gasteiger partial charge in [-0.25, -0.2) is 4.98 Å². The predicted octanol–water partition coefficient (Wildman–Crippen LogP) is 3.47. The van der Waals surface area contributed by atoms with Crippen molar-refractivity contribution in [2.75, 3.05) is 5.32 Å². The summed E-state index contributed by atoms with van der Waals surface area (Å²) < 4.78 is 0. The minimum Gasteiger partial charge on any atom is -0.481 e. The van der Waals surface area contributed by atoms with E-state index in [9.17, 15) is 9.59 Å². The van der Waals surface area contributed by atoms with Crippen molar-refractivity contribution in [2.45, 2.75) is 26.2 Å². The molecule has 0 aliphatic heterocycles. The standard InChI is InChI=1S/C15H15ClN2O3S/c1-8-3-4-10(5-12(8)16)17-14(21)9(2)15-18-11(7-22-15)6-13(19)20/h3-5,7,9H,6H2,1-2H3,(H,17,21)(H,19,20)/t9-/m0/s1. The average molecular weight is 339 g/mol. The second-order valence-electron chi connectivity index (χ2n) is 4.92. The zero-order valence-corrected chi connectivity index (χ0v) is 13.7. The molecule has 0 saturated carbocycles. The van der Waals surface area contributed by atoms with Crippen LogP contribution in [0.25, 0.3) is 0 Å². The third-order valence-corrected chi connectivity index (χ3v) is 4.59. The third-order valence-electron chi connectivity index (χ3n) is 3.10. The molecule has 116 valence electrons. The van der Waals surface area contributed by atoms with E-state index in [4.69, 9.17) is 16.7 Å². The molecule has 1 aromatic heterocycles. The lowest BCUT2D eigenvalue weighted by atomic mass is 10.1. The van der Waals surface area contributed by atoms with Crippen LogP contribution in [-0.2, 0) is 16.0 Å². The van der Waals surface area contributed by atoms with Gasteiger partial charge in [0.1, 0.15) is 5.01 Å². The van der Waals surface area contributed by atoms with Crippen LogP contribution in [0.3, 0.4) is 0 Å². The maximum Gasteiger partial charge on any atom is 0.309 e. The fraction of sp³-hybridized carbons (Fsp3) is 0.267. The van der Waals surface area contributed by atoms with Crippen LogP contribution in [0, 0.1) is 6.92 Å². The second kappa shape index (κ2) is 6.89. The summed E-state index contributed by atoms with van der Waals surface area (Å²) in [6.45, 7) is 3.62. The minimum absolute atomic E-state index is 0.140. The van der Waals surface area contributed by atoms with Crippen molar-refractivity contribution in [1.29, 1.82) is 0 Å². The van der Waals surface area contributed by atoms with Gasteiger partial charge in [-0.05, 0) is 31.5 Å². The summed E-state index contributed by atoms with van der Waals surface area (Å²) in [5.74, 6) is -1.62. The van der Waals surface area contributed by atoms with E-state index in [1.807, 2.05) is 13.0 Å². The van der Waals surface area contributed by atoms with E-state index in [0.717, 1.165) is 5.56 Å². The molecular formula is C15H15ClN2O3S. The van der Waals surface area contributed by atoms with Crippen LogP contribution in [0.5, 0.6) is 0 Å². The van der Waals surface area contributed by atoms with Gasteiger partial charge in [0, 0.05) is 16.1 Å². The number of thiazole rings is 1. The number of amides is 1. The lowest BCUT2D eigenvalue weighted by molar-refractivity contribution is -0.136. The highest BCUT2D eigenvalue weighted by atomic mass is 35.5. The smallest absolute Gasteiger partial charge is 0.309 e. The number of halogens is 1. The Hall–Kier alpha value is -1.92. The quantitative estimate of drug-likeness (QED) is 0.874. The van der Waals surface area contributed by atoms with Gasteiger partial charge >= 0.3 is 5.97 Å². The topological polar surface area (TPSA) is 79.3 Å². The molecule has 7 heteroatoms. The Bertz CT molecular complexity index is 715. The van der Waals surface area contributed by atoms with Gasteiger partial charge in [-0.1, -0.05) is 17.7 Å². The van der Waals surface area contributed by atoms with Crippen LogP contribution in [0.15, 0.2) is 23.6 Å². The first kappa shape index (κ1) is 16.5. The van der Waals surface area contributed by atoms with Crippen molar-refractivity contribution in [3.8, 4) is 0 Å². The van der Waals surface area contributed by atoms with Gasteiger partial charge in [-0.15, -0.1) is 11.3 Å². The zero-order chi connectivity index (χ0) is 16.3. The summed E-state index contributed by atoms with van der Waals surface area (Å²) >= 11 is 7.31. The van der Waals surface area contributed by atoms with Crippen molar-refractivity contribution in [3.63, 3.8) is 0 Å². The number of carbonyl (C=O) groups excluding carboxylic acids is 1. The summed E-state index contributed by atoms with van der Waals surface area (Å²) in [6.07, 6.45) is -0.140. The number of aliphatic carboxylic acids is 1. The van der Waals surface area contributed by atoms with Crippen LogP contribution < -0.4 is 5.32 Å². The normalized spacial score (nSPS) is 12.0. The Morgan fingerprint density at radius 3 is 2.82 bits per heavy atom. The SMILES string of the molecule is Cc1ccc(NC(=O)[C@H](C)c2nc(CC(=O)O)cs2)cc1Cl. The average Bonchev–Trinajstić information content (AvgIpc) is 2.89. The molecule has 22 heavy (non-hydrogen) atoms. The van der Waals surface area contributed by atoms with E-state index in [-0.39, 0.29) is 12.3 Å². The zero-order valence-electron chi connectivity index (χ0n) is 12.1. The molecule has 1 heterocycles. The third kappa shape index (κ3) is 4.05. The van der Waals surface area contributed by atoms with Crippen molar-refractivity contribution in [3.05, 3.63) is 44.9 Å². The molecule has 0 aliphatic carbocycles. The molecule has 0 unspecified atom stereocenters. The maximum absolute atomic E-state index is 12.2. The van der Waals surface area contributed by atoms with Crippen molar-refractivity contribution < 1.29 is 14.7 Å². The fourth-order valence-electron chi connectivity index (χ4n) is 1.79. The second-order valence-corrected chi connectivity index (χ2v) is 6.22. The molecule has 2 N–H and O–H groups in total. The minimum atomic E-state index is -0.941. The van der Waals surface area contributed by atoms with Crippen molar-refractivity contribution in [1.82, 2.24) is 4.98 Å². The summed E-state index contributed by atoms with van der Waals surface area (Å²) in [5, 5.41) is 14.4. The Kier molecular flexibility index (Phi) is 5.15. The highest BCUT2D eigenvalue weighted by molar-refractivity contribution is 7.09. The van der Waals surface area contributed by atoms with Crippen LogP contribution in [0.4, 0.5) is 5.69 Å². The van der Waals surface area contributed by atoms with Gasteiger partial charge in [0.15, 0.2) is 0 Å². The van der Waals surface area contributed by atoms with Crippen LogP contribution in [-0.4, -0.2) is 22.0 Å². The Balaban J connectivity index is 2.06. The molecule has 0 bridgehead atoms. The molecule has 5 nitrogen and oxygen atoms in total. The lowest BCUT2D eigenvalue weighted by Gasteiger charge is -2.10. The van der Waals surface area contributed by atoms with Gasteiger partial charge in [-0.3, -0.25) is 9.59 Å². The first-order valence-electron chi connectivity index (χ1n) is 6.60. The van der Waals surface area contributed by atoms with E-state index in [1.165, 1.54) is 11.3 Å². The number of carboxylic acid groups (broad SMARTS) is 1. The number of aromatic nitrogens is 1. The molecule has 2 rings (SSSR count). The summed E-state index contributed by atoms with van der Waals surface area (Å²) in [5.41, 5.74) is 2.02. The predicted molar refractivity (Wildman–Crippen MR) is 86.7 cm³/mol. The molecule has 0 saturated heterocycles. The molecule has 0 aliphatic rings. The number of rotatable bonds is 5. The Labute approximate surface area is 137 Å². The van der Waals surface area contributed by atoms with Crippen molar-refractivity contribution in [2.24, 2.45) is 0 Å². The highest BCUT2D eigenvalue weighted by Crippen LogP contribution is 2.24. The van der Waals surface area contributed by atoms with E-state index in [1.54, 1.807) is 24.4 Å². The first-order chi connectivity index (χ1) is 10.4. The maximum atomic E-state index is 12.2. The number of carboxylic acids is 1. The number of nitrogens with zero attached hydrogens (tertiary/aromatic N) is 1. The van der Waals surface area contributed by atoms with Crippen LogP contribution in [0.2, 0.25) is 5.02 Å². The molecule has 1 atom stereocenters. The number of hydrogen-bond donors (Lipinski definition) is 2. The molecule has 0 radical (unpaired) electrons. The number of hydrogen-bond acceptors (Lipinski definition) is 4. The van der Waals surface area contributed by atoms with Crippen LogP contribution >= 0.6 is 22.9 Å². The summed E-state index contributed by atoms with van der Waals surface area (Å²) in [6, 6.07) is 5.31. The molecule has 2 aromatic rings. The number of aryl methyl sites for hydroxylation is 1.